The first-order chi connectivity index (χ1) is 15.7. The number of rotatable bonds is 27. The summed E-state index contributed by atoms with van der Waals surface area (Å²) in [5.41, 5.74) is 0. The fourth-order valence-electron chi connectivity index (χ4n) is 2.13. The van der Waals surface area contributed by atoms with Crippen LogP contribution in [0, 0.1) is 0 Å². The van der Waals surface area contributed by atoms with Gasteiger partial charge in [-0.25, -0.2) is 4.57 Å². The monoisotopic (exact) mass is 488 g/mol. The normalized spacial score (nSPS) is 12.0. The van der Waals surface area contributed by atoms with Gasteiger partial charge in [-0.2, -0.15) is 0 Å². The Kier molecular flexibility index (Phi) is 25.4. The minimum atomic E-state index is -3.75. The summed E-state index contributed by atoms with van der Waals surface area (Å²) in [5, 5.41) is 0. The third kappa shape index (κ3) is 23.0. The first kappa shape index (κ1) is 31.9. The van der Waals surface area contributed by atoms with E-state index in [4.69, 9.17) is 42.0 Å². The molecule has 0 rings (SSSR count). The summed E-state index contributed by atoms with van der Waals surface area (Å²) in [4.78, 5) is 0. The molecule has 194 valence electrons. The van der Waals surface area contributed by atoms with Gasteiger partial charge in [-0.1, -0.05) is 20.8 Å². The fourth-order valence-corrected chi connectivity index (χ4v) is 3.25. The minimum Gasteiger partial charge on any atom is -0.379 e. The van der Waals surface area contributed by atoms with Crippen LogP contribution in [0.5, 0.6) is 0 Å². The first-order valence-corrected chi connectivity index (χ1v) is 13.1. The van der Waals surface area contributed by atoms with E-state index in [-0.39, 0.29) is 39.6 Å². The molecule has 0 aliphatic heterocycles. The van der Waals surface area contributed by atoms with E-state index in [0.29, 0.717) is 59.5 Å². The maximum atomic E-state index is 12.8. The molecule has 0 spiro atoms. The van der Waals surface area contributed by atoms with Crippen molar-refractivity contribution < 1.29 is 46.6 Å². The fraction of sp³-hybridized carbons (Fsp3) is 1.00. The van der Waals surface area contributed by atoms with Gasteiger partial charge in [0.05, 0.1) is 79.3 Å². The number of hydrogen-bond acceptors (Lipinski definition) is 10. The Morgan fingerprint density at radius 2 is 0.594 bits per heavy atom. The lowest BCUT2D eigenvalue weighted by Crippen LogP contribution is -2.14. The standard InChI is InChI=1S/C21H45O10P/c1-4-7-23-10-13-26-16-19-29-32(22,30-20-17-27-14-11-24-8-5-2)31-21-18-28-15-12-25-9-6-3/h4-21H2,1-3H3. The summed E-state index contributed by atoms with van der Waals surface area (Å²) in [7, 11) is -3.75. The first-order valence-electron chi connectivity index (χ1n) is 11.7. The largest absolute Gasteiger partial charge is 0.475 e. The lowest BCUT2D eigenvalue weighted by atomic mass is 10.5. The molecule has 0 saturated heterocycles. The van der Waals surface area contributed by atoms with Crippen LogP contribution in [-0.4, -0.2) is 99.1 Å². The molecule has 0 atom stereocenters. The molecule has 0 saturated carbocycles. The van der Waals surface area contributed by atoms with Crippen LogP contribution < -0.4 is 0 Å². The summed E-state index contributed by atoms with van der Waals surface area (Å²) in [6, 6.07) is 0. The highest BCUT2D eigenvalue weighted by Crippen LogP contribution is 2.49. The van der Waals surface area contributed by atoms with Crippen molar-refractivity contribution in [1.82, 2.24) is 0 Å². The van der Waals surface area contributed by atoms with Gasteiger partial charge in [0.2, 0.25) is 0 Å². The second-order valence-corrected chi connectivity index (χ2v) is 8.29. The molecule has 0 N–H and O–H groups in total. The average Bonchev–Trinajstić information content (AvgIpc) is 2.79. The van der Waals surface area contributed by atoms with Crippen molar-refractivity contribution in [3.05, 3.63) is 0 Å². The Balaban J connectivity index is 4.06. The number of phosphoric acid groups is 1. The number of ether oxygens (including phenoxy) is 6. The summed E-state index contributed by atoms with van der Waals surface area (Å²) in [6.07, 6.45) is 2.89. The highest BCUT2D eigenvalue weighted by molar-refractivity contribution is 7.48. The molecule has 0 aliphatic rings. The van der Waals surface area contributed by atoms with E-state index in [1.165, 1.54) is 0 Å². The van der Waals surface area contributed by atoms with Gasteiger partial charge in [0, 0.05) is 19.8 Å². The third-order valence-corrected chi connectivity index (χ3v) is 5.09. The van der Waals surface area contributed by atoms with Crippen LogP contribution in [0.15, 0.2) is 0 Å². The molecule has 0 aromatic heterocycles. The van der Waals surface area contributed by atoms with Crippen LogP contribution in [-0.2, 0) is 46.6 Å². The summed E-state index contributed by atoms with van der Waals surface area (Å²) >= 11 is 0. The van der Waals surface area contributed by atoms with Gasteiger partial charge in [0.25, 0.3) is 0 Å². The second-order valence-electron chi connectivity index (χ2n) is 6.62. The Morgan fingerprint density at radius 3 is 0.844 bits per heavy atom. The predicted molar refractivity (Wildman–Crippen MR) is 121 cm³/mol. The lowest BCUT2D eigenvalue weighted by molar-refractivity contribution is 0.00659. The van der Waals surface area contributed by atoms with E-state index in [0.717, 1.165) is 19.3 Å². The highest BCUT2D eigenvalue weighted by Gasteiger charge is 2.26. The van der Waals surface area contributed by atoms with Crippen molar-refractivity contribution in [3.63, 3.8) is 0 Å². The molecule has 0 heterocycles. The van der Waals surface area contributed by atoms with Crippen LogP contribution in [0.1, 0.15) is 40.0 Å². The maximum absolute atomic E-state index is 12.8. The number of phosphoric ester groups is 1. The Morgan fingerprint density at radius 1 is 0.375 bits per heavy atom. The van der Waals surface area contributed by atoms with Crippen LogP contribution in [0.4, 0.5) is 0 Å². The molecule has 0 amide bonds. The van der Waals surface area contributed by atoms with Crippen molar-refractivity contribution in [3.8, 4) is 0 Å². The molecule has 0 unspecified atom stereocenters. The van der Waals surface area contributed by atoms with Gasteiger partial charge in [-0.3, -0.25) is 13.6 Å². The van der Waals surface area contributed by atoms with Crippen LogP contribution in [0.2, 0.25) is 0 Å². The molecule has 0 bridgehead atoms. The van der Waals surface area contributed by atoms with Crippen LogP contribution in [0.3, 0.4) is 0 Å². The lowest BCUT2D eigenvalue weighted by Gasteiger charge is -2.18. The van der Waals surface area contributed by atoms with Crippen LogP contribution in [0.25, 0.3) is 0 Å². The Bertz CT molecular complexity index is 357. The second kappa shape index (κ2) is 25.5. The van der Waals surface area contributed by atoms with E-state index in [9.17, 15) is 4.57 Å². The van der Waals surface area contributed by atoms with Crippen LogP contribution >= 0.6 is 7.82 Å². The molecular weight excluding hydrogens is 443 g/mol. The molecule has 0 radical (unpaired) electrons. The van der Waals surface area contributed by atoms with Crippen molar-refractivity contribution in [2.45, 2.75) is 40.0 Å². The SMILES string of the molecule is CCCOCCOCCOP(=O)(OCCOCCOCCC)OCCOCCOCCC. The summed E-state index contributed by atoms with van der Waals surface area (Å²) < 4.78 is 61.1. The van der Waals surface area contributed by atoms with Gasteiger partial charge in [0.15, 0.2) is 0 Å². The van der Waals surface area contributed by atoms with Gasteiger partial charge >= 0.3 is 7.82 Å². The van der Waals surface area contributed by atoms with E-state index in [2.05, 4.69) is 0 Å². The minimum absolute atomic E-state index is 0.0719. The zero-order chi connectivity index (χ0) is 23.6. The molecule has 0 aromatic rings. The van der Waals surface area contributed by atoms with E-state index >= 15 is 0 Å². The Labute approximate surface area is 194 Å². The maximum Gasteiger partial charge on any atom is 0.475 e. The molecule has 32 heavy (non-hydrogen) atoms. The van der Waals surface area contributed by atoms with Crippen molar-refractivity contribution in [1.29, 1.82) is 0 Å². The average molecular weight is 489 g/mol. The van der Waals surface area contributed by atoms with E-state index in [1.807, 2.05) is 20.8 Å². The topological polar surface area (TPSA) is 100 Å². The van der Waals surface area contributed by atoms with Gasteiger partial charge in [-0.15, -0.1) is 0 Å². The predicted octanol–water partition coefficient (Wildman–Crippen LogP) is 3.47. The highest BCUT2D eigenvalue weighted by atomic mass is 31.2. The van der Waals surface area contributed by atoms with E-state index < -0.39 is 7.82 Å². The van der Waals surface area contributed by atoms with Crippen molar-refractivity contribution in [2.75, 3.05) is 99.1 Å². The molecule has 0 fully saturated rings. The van der Waals surface area contributed by atoms with E-state index in [1.54, 1.807) is 0 Å². The van der Waals surface area contributed by atoms with Gasteiger partial charge in [0.1, 0.15) is 0 Å². The molecule has 11 heteroatoms. The number of hydrogen-bond donors (Lipinski definition) is 0. The summed E-state index contributed by atoms with van der Waals surface area (Å²) in [6.45, 7) is 12.1. The smallest absolute Gasteiger partial charge is 0.379 e. The third-order valence-electron chi connectivity index (χ3n) is 3.59. The molecule has 0 aliphatic carbocycles. The summed E-state index contributed by atoms with van der Waals surface area (Å²) in [5.74, 6) is 0. The molecule has 10 nitrogen and oxygen atoms in total. The van der Waals surface area contributed by atoms with Crippen molar-refractivity contribution >= 4 is 7.82 Å². The quantitative estimate of drug-likeness (QED) is 0.126. The Hall–Kier alpha value is -0.130. The van der Waals surface area contributed by atoms with Crippen molar-refractivity contribution in [2.24, 2.45) is 0 Å². The van der Waals surface area contributed by atoms with Gasteiger partial charge in [-0.05, 0) is 19.3 Å². The van der Waals surface area contributed by atoms with Gasteiger partial charge < -0.3 is 28.4 Å². The molecule has 0 aromatic carbocycles. The zero-order valence-electron chi connectivity index (χ0n) is 20.3. The zero-order valence-corrected chi connectivity index (χ0v) is 21.2. The molecular formula is C21H45O10P.